The van der Waals surface area contributed by atoms with Crippen LogP contribution in [0.2, 0.25) is 0 Å². The fourth-order valence-corrected chi connectivity index (χ4v) is 4.11. The van der Waals surface area contributed by atoms with Gasteiger partial charge in [-0.1, -0.05) is 30.3 Å². The van der Waals surface area contributed by atoms with E-state index in [1.165, 1.54) is 44.3 Å². The van der Waals surface area contributed by atoms with E-state index in [2.05, 4.69) is 23.5 Å². The molecule has 2 heterocycles. The van der Waals surface area contributed by atoms with E-state index in [9.17, 15) is 4.79 Å². The van der Waals surface area contributed by atoms with Crippen LogP contribution in [0.5, 0.6) is 0 Å². The molecule has 1 amide bonds. The van der Waals surface area contributed by atoms with E-state index in [0.29, 0.717) is 6.42 Å². The van der Waals surface area contributed by atoms with Crippen molar-refractivity contribution in [1.29, 1.82) is 0 Å². The first-order chi connectivity index (χ1) is 12.8. The number of hydrogen-bond acceptors (Lipinski definition) is 2. The normalized spacial score (nSPS) is 15.5. The van der Waals surface area contributed by atoms with Gasteiger partial charge in [-0.15, -0.1) is 0 Å². The molecule has 2 N–H and O–H groups in total. The summed E-state index contributed by atoms with van der Waals surface area (Å²) in [4.78, 5) is 14.1. The van der Waals surface area contributed by atoms with Gasteiger partial charge >= 0.3 is 0 Å². The lowest BCUT2D eigenvalue weighted by Crippen LogP contribution is -3.12. The zero-order valence-electron chi connectivity index (χ0n) is 15.2. The van der Waals surface area contributed by atoms with Crippen molar-refractivity contribution in [2.45, 2.75) is 32.1 Å². The number of fused-ring (bicyclic) bond motifs is 3. The summed E-state index contributed by atoms with van der Waals surface area (Å²) in [5.41, 5.74) is 1.82. The van der Waals surface area contributed by atoms with Gasteiger partial charge < -0.3 is 14.6 Å². The van der Waals surface area contributed by atoms with E-state index in [0.717, 1.165) is 34.9 Å². The third-order valence-corrected chi connectivity index (χ3v) is 5.48. The quantitative estimate of drug-likeness (QED) is 0.671. The Morgan fingerprint density at radius 3 is 2.81 bits per heavy atom. The second-order valence-corrected chi connectivity index (χ2v) is 7.36. The summed E-state index contributed by atoms with van der Waals surface area (Å²) >= 11 is 0. The van der Waals surface area contributed by atoms with Crippen molar-refractivity contribution in [3.63, 3.8) is 0 Å². The number of furan rings is 1. The Kier molecular flexibility index (Phi) is 5.21. The Bertz CT molecular complexity index is 893. The number of carbonyl (C=O) groups excluding carboxylic acids is 1. The largest absolute Gasteiger partial charge is 0.464 e. The van der Waals surface area contributed by atoms with Crippen LogP contribution in [0.25, 0.3) is 21.7 Å². The smallest absolute Gasteiger partial charge is 0.224 e. The molecule has 4 heteroatoms. The monoisotopic (exact) mass is 351 g/mol. The fourth-order valence-electron chi connectivity index (χ4n) is 4.11. The summed E-state index contributed by atoms with van der Waals surface area (Å²) in [5, 5.41) is 6.47. The van der Waals surface area contributed by atoms with Crippen LogP contribution < -0.4 is 10.2 Å². The molecule has 1 aliphatic rings. The molecule has 0 aliphatic carbocycles. The second-order valence-electron chi connectivity index (χ2n) is 7.36. The van der Waals surface area contributed by atoms with Crippen LogP contribution in [0.3, 0.4) is 0 Å². The number of hydrogen-bond donors (Lipinski definition) is 2. The topological polar surface area (TPSA) is 46.7 Å². The molecule has 136 valence electrons. The predicted octanol–water partition coefficient (Wildman–Crippen LogP) is 2.70. The van der Waals surface area contributed by atoms with Gasteiger partial charge in [0.1, 0.15) is 5.58 Å². The van der Waals surface area contributed by atoms with Crippen LogP contribution in [0.1, 0.15) is 31.2 Å². The minimum Gasteiger partial charge on any atom is -0.464 e. The number of quaternary nitrogens is 1. The van der Waals surface area contributed by atoms with Gasteiger partial charge in [-0.25, -0.2) is 0 Å². The Hall–Kier alpha value is -2.33. The van der Waals surface area contributed by atoms with Gasteiger partial charge in [0, 0.05) is 23.9 Å². The van der Waals surface area contributed by atoms with Crippen molar-refractivity contribution in [3.05, 3.63) is 48.2 Å². The van der Waals surface area contributed by atoms with Gasteiger partial charge in [0.05, 0.1) is 32.3 Å². The van der Waals surface area contributed by atoms with Crippen molar-refractivity contribution in [1.82, 2.24) is 5.32 Å². The third-order valence-electron chi connectivity index (χ3n) is 5.48. The average Bonchev–Trinajstić information content (AvgIpc) is 3.09. The highest BCUT2D eigenvalue weighted by atomic mass is 16.3. The first-order valence-corrected chi connectivity index (χ1v) is 9.79. The van der Waals surface area contributed by atoms with Crippen molar-refractivity contribution in [2.75, 3.05) is 26.2 Å². The zero-order chi connectivity index (χ0) is 17.8. The zero-order valence-corrected chi connectivity index (χ0v) is 15.2. The number of benzene rings is 2. The molecule has 1 aliphatic heterocycles. The summed E-state index contributed by atoms with van der Waals surface area (Å²) in [5.74, 6) is 0.0780. The predicted molar refractivity (Wildman–Crippen MR) is 104 cm³/mol. The van der Waals surface area contributed by atoms with Crippen LogP contribution in [-0.4, -0.2) is 32.1 Å². The molecule has 4 rings (SSSR count). The van der Waals surface area contributed by atoms with Gasteiger partial charge in [-0.3, -0.25) is 4.79 Å². The van der Waals surface area contributed by atoms with Gasteiger partial charge in [0.15, 0.2) is 0 Å². The molecule has 1 fully saturated rings. The summed E-state index contributed by atoms with van der Waals surface area (Å²) in [7, 11) is 0. The molecule has 26 heavy (non-hydrogen) atoms. The molecule has 4 nitrogen and oxygen atoms in total. The number of carbonyl (C=O) groups is 1. The molecule has 0 unspecified atom stereocenters. The van der Waals surface area contributed by atoms with E-state index in [1.54, 1.807) is 11.2 Å². The van der Waals surface area contributed by atoms with E-state index in [-0.39, 0.29) is 5.91 Å². The van der Waals surface area contributed by atoms with Crippen molar-refractivity contribution in [2.24, 2.45) is 0 Å². The molecule has 0 radical (unpaired) electrons. The Morgan fingerprint density at radius 2 is 1.92 bits per heavy atom. The van der Waals surface area contributed by atoms with Crippen molar-refractivity contribution >= 4 is 27.6 Å². The van der Waals surface area contributed by atoms with Gasteiger partial charge in [-0.2, -0.15) is 0 Å². The number of piperidine rings is 1. The molecule has 0 bridgehead atoms. The average molecular weight is 351 g/mol. The molecule has 3 aromatic rings. The first-order valence-electron chi connectivity index (χ1n) is 9.79. The van der Waals surface area contributed by atoms with E-state index in [4.69, 9.17) is 4.42 Å². The first kappa shape index (κ1) is 17.1. The lowest BCUT2D eigenvalue weighted by molar-refractivity contribution is -0.904. The summed E-state index contributed by atoms with van der Waals surface area (Å²) in [6.07, 6.45) is 7.24. The standard InChI is InChI=1S/C22H26N2O2/c25-21(23-11-6-14-24-12-4-1-5-13-24)15-18-16-26-20-10-9-17-7-2-3-8-19(17)22(18)20/h2-3,7-10,16H,1,4-6,11-15H2,(H,23,25)/p+1. The highest BCUT2D eigenvalue weighted by Gasteiger charge is 2.14. The third kappa shape index (κ3) is 3.75. The van der Waals surface area contributed by atoms with Gasteiger partial charge in [0.2, 0.25) is 5.91 Å². The van der Waals surface area contributed by atoms with Crippen LogP contribution in [0.4, 0.5) is 0 Å². The maximum atomic E-state index is 12.4. The van der Waals surface area contributed by atoms with Gasteiger partial charge in [-0.05, 0) is 36.1 Å². The molecule has 2 aromatic carbocycles. The number of nitrogens with one attached hydrogen (secondary N) is 2. The molecule has 0 atom stereocenters. The highest BCUT2D eigenvalue weighted by molar-refractivity contribution is 6.08. The Morgan fingerprint density at radius 1 is 1.08 bits per heavy atom. The lowest BCUT2D eigenvalue weighted by atomic mass is 10.0. The van der Waals surface area contributed by atoms with Crippen LogP contribution in [0.15, 0.2) is 47.1 Å². The van der Waals surface area contributed by atoms with Crippen molar-refractivity contribution in [3.8, 4) is 0 Å². The number of rotatable bonds is 6. The van der Waals surface area contributed by atoms with Crippen LogP contribution in [-0.2, 0) is 11.2 Å². The Labute approximate surface area is 154 Å². The lowest BCUT2D eigenvalue weighted by Gasteiger charge is -2.23. The summed E-state index contributed by atoms with van der Waals surface area (Å²) in [6, 6.07) is 12.3. The second kappa shape index (κ2) is 7.92. The summed E-state index contributed by atoms with van der Waals surface area (Å²) < 4.78 is 5.68. The fraction of sp³-hybridized carbons (Fsp3) is 0.409. The maximum Gasteiger partial charge on any atom is 0.224 e. The molecule has 0 spiro atoms. The SMILES string of the molecule is O=C(Cc1coc2ccc3ccccc3c12)NCCC[NH+]1CCCCC1. The number of likely N-dealkylation sites (tertiary alicyclic amines) is 1. The van der Waals surface area contributed by atoms with Gasteiger partial charge in [0.25, 0.3) is 0 Å². The van der Waals surface area contributed by atoms with Crippen LogP contribution in [0, 0.1) is 0 Å². The molecular weight excluding hydrogens is 324 g/mol. The summed E-state index contributed by atoms with van der Waals surface area (Å²) in [6.45, 7) is 4.52. The van der Waals surface area contributed by atoms with Crippen molar-refractivity contribution < 1.29 is 14.1 Å². The van der Waals surface area contributed by atoms with E-state index < -0.39 is 0 Å². The molecule has 1 aromatic heterocycles. The van der Waals surface area contributed by atoms with E-state index >= 15 is 0 Å². The molecule has 0 saturated carbocycles. The highest BCUT2D eigenvalue weighted by Crippen LogP contribution is 2.30. The Balaban J connectivity index is 1.36. The van der Waals surface area contributed by atoms with Crippen LogP contribution >= 0.6 is 0 Å². The molecule has 1 saturated heterocycles. The maximum absolute atomic E-state index is 12.4. The minimum absolute atomic E-state index is 0.0780. The minimum atomic E-state index is 0.0780. The molecular formula is C22H27N2O2+. The van der Waals surface area contributed by atoms with E-state index in [1.807, 2.05) is 18.2 Å². The number of amides is 1.